The number of likely N-dealkylation sites (N-methyl/N-ethyl adjacent to an activating group) is 1. The number of aromatic nitrogens is 1. The zero-order valence-electron chi connectivity index (χ0n) is 30.3. The van der Waals surface area contributed by atoms with Gasteiger partial charge in [0.1, 0.15) is 0 Å². The van der Waals surface area contributed by atoms with Crippen LogP contribution >= 0.6 is 0 Å². The third-order valence-electron chi connectivity index (χ3n) is 11.9. The minimum Gasteiger partial charge on any atom is -0.392 e. The van der Waals surface area contributed by atoms with E-state index in [0.717, 1.165) is 102 Å². The van der Waals surface area contributed by atoms with Crippen LogP contribution in [0.4, 0.5) is 4.79 Å². The summed E-state index contributed by atoms with van der Waals surface area (Å²) in [4.78, 5) is 19.9. The third kappa shape index (κ3) is 8.26. The summed E-state index contributed by atoms with van der Waals surface area (Å²) in [5.74, 6) is 2.40. The normalized spacial score (nSPS) is 27.8. The van der Waals surface area contributed by atoms with Gasteiger partial charge in [-0.15, -0.1) is 0 Å². The van der Waals surface area contributed by atoms with Gasteiger partial charge in [-0.3, -0.25) is 4.98 Å². The van der Waals surface area contributed by atoms with Crippen LogP contribution < -0.4 is 10.6 Å². The molecular weight excluding hydrogens is 649 g/mol. The Morgan fingerprint density at radius 1 is 0.827 bits per heavy atom. The number of aliphatic hydroxyl groups excluding tert-OH is 1. The van der Waals surface area contributed by atoms with Crippen LogP contribution in [0, 0.1) is 17.8 Å². The maximum Gasteiger partial charge on any atom is 0.315 e. The molecule has 4 aliphatic carbocycles. The number of nitrogens with zero attached hydrogens (tertiary/aromatic N) is 2. The standard InChI is InChI=1S/C44H52N4O4/c1-48(18-16-39-7-2-3-17-45-39)28-40-23-41(36-10-8-30(29-49)9-11-36)52-42(51-40)37-14-12-35(13-15-37)38-6-4-5-31(22-38)27-46-43(50)47-44-24-32-19-33(25-44)21-34(20-32)26-44/h2-15,17,22,32-34,40-42,49H,16,18-21,23-29H2,1H3,(H2,46,47,50)/t32?,33?,34?,40-,41+,42+,44?/m1/s1. The average molecular weight is 701 g/mol. The highest BCUT2D eigenvalue weighted by Crippen LogP contribution is 2.55. The topological polar surface area (TPSA) is 96.0 Å². The van der Waals surface area contributed by atoms with Crippen LogP contribution in [-0.2, 0) is 29.0 Å². The second-order valence-corrected chi connectivity index (χ2v) is 16.0. The minimum absolute atomic E-state index is 0.00870. The van der Waals surface area contributed by atoms with Gasteiger partial charge < -0.3 is 30.1 Å². The Morgan fingerprint density at radius 2 is 1.56 bits per heavy atom. The average Bonchev–Trinajstić information content (AvgIpc) is 3.16. The SMILES string of the molecule is CN(CCc1ccccn1)C[C@H]1C[C@@H](c2ccc(CO)cc2)O[C@@H](c2ccc(-c3cccc(CNC(=O)NC45CC6CC(CC(C6)C4)C5)c3)cc2)O1. The maximum absolute atomic E-state index is 13.1. The lowest BCUT2D eigenvalue weighted by molar-refractivity contribution is -0.252. The summed E-state index contributed by atoms with van der Waals surface area (Å²) in [5.41, 5.74) is 7.31. The number of carbonyl (C=O) groups excluding carboxylic acids is 1. The van der Waals surface area contributed by atoms with Crippen molar-refractivity contribution in [1.82, 2.24) is 20.5 Å². The van der Waals surface area contributed by atoms with Gasteiger partial charge in [0.25, 0.3) is 0 Å². The minimum atomic E-state index is -0.512. The molecule has 272 valence electrons. The number of hydrogen-bond donors (Lipinski definition) is 3. The number of aliphatic hydroxyl groups is 1. The zero-order valence-corrected chi connectivity index (χ0v) is 30.3. The van der Waals surface area contributed by atoms with Gasteiger partial charge in [-0.1, -0.05) is 72.8 Å². The van der Waals surface area contributed by atoms with Crippen molar-refractivity contribution in [2.24, 2.45) is 17.8 Å². The molecule has 1 saturated heterocycles. The molecule has 5 fully saturated rings. The predicted octanol–water partition coefficient (Wildman–Crippen LogP) is 7.73. The predicted molar refractivity (Wildman–Crippen MR) is 202 cm³/mol. The van der Waals surface area contributed by atoms with E-state index < -0.39 is 6.29 Å². The number of ether oxygens (including phenoxy) is 2. The molecule has 1 aromatic heterocycles. The molecule has 2 heterocycles. The largest absolute Gasteiger partial charge is 0.392 e. The van der Waals surface area contributed by atoms with Gasteiger partial charge in [-0.2, -0.15) is 0 Å². The first kappa shape index (κ1) is 35.0. The summed E-state index contributed by atoms with van der Waals surface area (Å²) < 4.78 is 13.3. The molecule has 9 rings (SSSR count). The van der Waals surface area contributed by atoms with Gasteiger partial charge in [0, 0.05) is 55.5 Å². The highest BCUT2D eigenvalue weighted by Gasteiger charge is 2.51. The van der Waals surface area contributed by atoms with Crippen LogP contribution in [0.3, 0.4) is 0 Å². The Morgan fingerprint density at radius 3 is 2.25 bits per heavy atom. The molecule has 0 radical (unpaired) electrons. The van der Waals surface area contributed by atoms with Crippen molar-refractivity contribution in [2.75, 3.05) is 20.1 Å². The molecule has 1 aliphatic heterocycles. The number of carbonyl (C=O) groups is 1. The summed E-state index contributed by atoms with van der Waals surface area (Å²) >= 11 is 0. The van der Waals surface area contributed by atoms with Gasteiger partial charge in [-0.05, 0) is 109 Å². The Kier molecular flexibility index (Phi) is 10.4. The van der Waals surface area contributed by atoms with Crippen molar-refractivity contribution in [3.63, 3.8) is 0 Å². The van der Waals surface area contributed by atoms with Crippen molar-refractivity contribution >= 4 is 6.03 Å². The zero-order chi connectivity index (χ0) is 35.5. The van der Waals surface area contributed by atoms with E-state index in [4.69, 9.17) is 9.47 Å². The van der Waals surface area contributed by atoms with E-state index in [-0.39, 0.29) is 30.4 Å². The first-order valence-corrected chi connectivity index (χ1v) is 19.2. The fourth-order valence-corrected chi connectivity index (χ4v) is 9.75. The van der Waals surface area contributed by atoms with Crippen LogP contribution in [0.25, 0.3) is 11.1 Å². The summed E-state index contributed by atoms with van der Waals surface area (Å²) in [6, 6.07) is 30.9. The van der Waals surface area contributed by atoms with Crippen molar-refractivity contribution in [2.45, 2.75) is 88.6 Å². The highest BCUT2D eigenvalue weighted by atomic mass is 16.7. The van der Waals surface area contributed by atoms with Crippen molar-refractivity contribution in [3.8, 4) is 11.1 Å². The van der Waals surface area contributed by atoms with E-state index in [1.54, 1.807) is 0 Å². The van der Waals surface area contributed by atoms with Crippen molar-refractivity contribution < 1.29 is 19.4 Å². The highest BCUT2D eigenvalue weighted by molar-refractivity contribution is 5.75. The van der Waals surface area contributed by atoms with Crippen LogP contribution in [0.15, 0.2) is 97.2 Å². The first-order chi connectivity index (χ1) is 25.4. The lowest BCUT2D eigenvalue weighted by Gasteiger charge is -2.56. The lowest BCUT2D eigenvalue weighted by Crippen LogP contribution is -2.61. The molecule has 52 heavy (non-hydrogen) atoms. The Hall–Kier alpha value is -4.08. The van der Waals surface area contributed by atoms with Crippen molar-refractivity contribution in [1.29, 1.82) is 0 Å². The molecule has 8 heteroatoms. The Labute approximate surface area is 308 Å². The quantitative estimate of drug-likeness (QED) is 0.140. The monoisotopic (exact) mass is 700 g/mol. The summed E-state index contributed by atoms with van der Waals surface area (Å²) in [7, 11) is 2.13. The van der Waals surface area contributed by atoms with Crippen molar-refractivity contribution in [3.05, 3.63) is 125 Å². The van der Waals surface area contributed by atoms with E-state index in [1.807, 2.05) is 30.5 Å². The van der Waals surface area contributed by atoms with Crippen LogP contribution in [0.2, 0.25) is 0 Å². The summed E-state index contributed by atoms with van der Waals surface area (Å²) in [6.07, 6.45) is 10.3. The molecule has 0 unspecified atom stereocenters. The fraction of sp³-hybridized carbons (Fsp3) is 0.455. The van der Waals surface area contributed by atoms with Crippen LogP contribution in [-0.4, -0.2) is 52.8 Å². The number of benzene rings is 3. The van der Waals surface area contributed by atoms with Gasteiger partial charge in [0.2, 0.25) is 0 Å². The molecule has 3 aromatic carbocycles. The van der Waals surface area contributed by atoms with E-state index in [1.165, 1.54) is 19.3 Å². The van der Waals surface area contributed by atoms with E-state index in [2.05, 4.69) is 94.3 Å². The molecule has 4 bridgehead atoms. The van der Waals surface area contributed by atoms with Crippen LogP contribution in [0.5, 0.6) is 0 Å². The molecule has 0 spiro atoms. The lowest BCUT2D eigenvalue weighted by atomic mass is 9.53. The van der Waals surface area contributed by atoms with E-state index >= 15 is 0 Å². The molecule has 2 amide bonds. The van der Waals surface area contributed by atoms with E-state index in [0.29, 0.717) is 6.54 Å². The molecule has 4 aromatic rings. The number of amides is 2. The third-order valence-corrected chi connectivity index (χ3v) is 11.9. The second-order valence-electron chi connectivity index (χ2n) is 16.0. The Bertz CT molecular complexity index is 1760. The van der Waals surface area contributed by atoms with Gasteiger partial charge in [0.05, 0.1) is 18.8 Å². The number of urea groups is 1. The number of pyridine rings is 1. The first-order valence-electron chi connectivity index (χ1n) is 19.2. The molecule has 5 aliphatic rings. The van der Waals surface area contributed by atoms with Gasteiger partial charge in [-0.25, -0.2) is 4.79 Å². The Balaban J connectivity index is 0.909. The molecule has 8 nitrogen and oxygen atoms in total. The number of rotatable bonds is 12. The molecule has 4 saturated carbocycles. The molecule has 3 N–H and O–H groups in total. The van der Waals surface area contributed by atoms with E-state index in [9.17, 15) is 9.90 Å². The number of hydrogen-bond acceptors (Lipinski definition) is 6. The van der Waals surface area contributed by atoms with Gasteiger partial charge >= 0.3 is 6.03 Å². The maximum atomic E-state index is 13.1. The van der Waals surface area contributed by atoms with Gasteiger partial charge in [0.15, 0.2) is 6.29 Å². The van der Waals surface area contributed by atoms with Crippen LogP contribution in [0.1, 0.15) is 85.3 Å². The smallest absolute Gasteiger partial charge is 0.315 e. The molecule has 3 atom stereocenters. The number of nitrogens with one attached hydrogen (secondary N) is 2. The summed E-state index contributed by atoms with van der Waals surface area (Å²) in [5, 5.41) is 16.2. The fourth-order valence-electron chi connectivity index (χ4n) is 9.75. The summed E-state index contributed by atoms with van der Waals surface area (Å²) in [6.45, 7) is 2.17. The molecular formula is C44H52N4O4. The second kappa shape index (κ2) is 15.5.